The van der Waals surface area contributed by atoms with E-state index in [1.165, 1.54) is 0 Å². The SMILES string of the molecule is CCCN1CCC(NS(=O)(=O)c2c(C)noc2C)CC1. The molecule has 20 heavy (non-hydrogen) atoms. The molecule has 114 valence electrons. The third-order valence-electron chi connectivity index (χ3n) is 3.69. The molecule has 0 unspecified atom stereocenters. The molecule has 1 N–H and O–H groups in total. The third kappa shape index (κ3) is 3.39. The molecule has 0 spiro atoms. The van der Waals surface area contributed by atoms with E-state index in [9.17, 15) is 8.42 Å². The van der Waals surface area contributed by atoms with Gasteiger partial charge in [0.15, 0.2) is 5.76 Å². The molecule has 0 saturated carbocycles. The van der Waals surface area contributed by atoms with Crippen LogP contribution in [0.5, 0.6) is 0 Å². The van der Waals surface area contributed by atoms with Crippen molar-refractivity contribution in [2.45, 2.75) is 51.0 Å². The molecule has 6 nitrogen and oxygen atoms in total. The molecule has 0 aromatic carbocycles. The Morgan fingerprint density at radius 1 is 1.35 bits per heavy atom. The summed E-state index contributed by atoms with van der Waals surface area (Å²) >= 11 is 0. The van der Waals surface area contributed by atoms with E-state index in [2.05, 4.69) is 21.7 Å². The van der Waals surface area contributed by atoms with Crippen molar-refractivity contribution in [3.8, 4) is 0 Å². The number of hydrogen-bond acceptors (Lipinski definition) is 5. The number of hydrogen-bond donors (Lipinski definition) is 1. The van der Waals surface area contributed by atoms with Gasteiger partial charge in [-0.15, -0.1) is 0 Å². The van der Waals surface area contributed by atoms with Gasteiger partial charge in [-0.25, -0.2) is 13.1 Å². The standard InChI is InChI=1S/C13H23N3O3S/c1-4-7-16-8-5-12(6-9-16)15-20(17,18)13-10(2)14-19-11(13)3/h12,15H,4-9H2,1-3H3. The zero-order chi connectivity index (χ0) is 14.8. The summed E-state index contributed by atoms with van der Waals surface area (Å²) in [6.45, 7) is 8.41. The lowest BCUT2D eigenvalue weighted by Gasteiger charge is -2.31. The first-order chi connectivity index (χ1) is 9.44. The molecule has 0 bridgehead atoms. The van der Waals surface area contributed by atoms with Gasteiger partial charge in [-0.05, 0) is 52.7 Å². The summed E-state index contributed by atoms with van der Waals surface area (Å²) in [6.07, 6.45) is 2.83. The van der Waals surface area contributed by atoms with Crippen molar-refractivity contribution in [2.75, 3.05) is 19.6 Å². The van der Waals surface area contributed by atoms with Gasteiger partial charge in [-0.3, -0.25) is 0 Å². The summed E-state index contributed by atoms with van der Waals surface area (Å²) in [5.41, 5.74) is 0.415. The molecule has 1 fully saturated rings. The van der Waals surface area contributed by atoms with Gasteiger partial charge in [0, 0.05) is 6.04 Å². The van der Waals surface area contributed by atoms with Crippen LogP contribution in [0.25, 0.3) is 0 Å². The second-order valence-electron chi connectivity index (χ2n) is 5.39. The Kier molecular flexibility index (Phi) is 4.82. The van der Waals surface area contributed by atoms with Crippen LogP contribution in [0.2, 0.25) is 0 Å². The summed E-state index contributed by atoms with van der Waals surface area (Å²) in [5.74, 6) is 0.346. The predicted molar refractivity (Wildman–Crippen MR) is 76.1 cm³/mol. The van der Waals surface area contributed by atoms with E-state index in [-0.39, 0.29) is 10.9 Å². The number of nitrogens with one attached hydrogen (secondary N) is 1. The van der Waals surface area contributed by atoms with Gasteiger partial charge in [0.05, 0.1) is 0 Å². The first kappa shape index (κ1) is 15.5. The minimum absolute atomic E-state index is 0.00167. The smallest absolute Gasteiger partial charge is 0.246 e. The number of aromatic nitrogens is 1. The second kappa shape index (κ2) is 6.24. The van der Waals surface area contributed by atoms with Crippen LogP contribution in [0.3, 0.4) is 0 Å². The minimum atomic E-state index is -3.53. The fraction of sp³-hybridized carbons (Fsp3) is 0.769. The lowest BCUT2D eigenvalue weighted by molar-refractivity contribution is 0.208. The molecule has 1 saturated heterocycles. The van der Waals surface area contributed by atoms with Crippen LogP contribution in [0, 0.1) is 13.8 Å². The molecule has 2 heterocycles. The number of rotatable bonds is 5. The van der Waals surface area contributed by atoms with Crippen molar-refractivity contribution in [1.29, 1.82) is 0 Å². The Bertz CT molecular complexity index is 526. The van der Waals surface area contributed by atoms with Crippen molar-refractivity contribution in [2.24, 2.45) is 0 Å². The normalized spacial score (nSPS) is 18.6. The zero-order valence-corrected chi connectivity index (χ0v) is 13.2. The molecule has 0 amide bonds. The third-order valence-corrected chi connectivity index (χ3v) is 5.45. The van der Waals surface area contributed by atoms with Crippen molar-refractivity contribution >= 4 is 10.0 Å². The predicted octanol–water partition coefficient (Wildman–Crippen LogP) is 1.44. The molecule has 1 aromatic heterocycles. The monoisotopic (exact) mass is 301 g/mol. The van der Waals surface area contributed by atoms with Crippen LogP contribution < -0.4 is 4.72 Å². The maximum Gasteiger partial charge on any atom is 0.246 e. The lowest BCUT2D eigenvalue weighted by atomic mass is 10.1. The highest BCUT2D eigenvalue weighted by Gasteiger charge is 2.28. The fourth-order valence-electron chi connectivity index (χ4n) is 2.73. The Morgan fingerprint density at radius 3 is 2.50 bits per heavy atom. The first-order valence-corrected chi connectivity index (χ1v) is 8.60. The van der Waals surface area contributed by atoms with Gasteiger partial charge in [0.2, 0.25) is 10.0 Å². The van der Waals surface area contributed by atoms with Gasteiger partial charge >= 0.3 is 0 Å². The van der Waals surface area contributed by atoms with Crippen molar-refractivity contribution in [3.05, 3.63) is 11.5 Å². The summed E-state index contributed by atoms with van der Waals surface area (Å²) in [7, 11) is -3.53. The van der Waals surface area contributed by atoms with Gasteiger partial charge in [-0.1, -0.05) is 12.1 Å². The highest BCUT2D eigenvalue weighted by atomic mass is 32.2. The first-order valence-electron chi connectivity index (χ1n) is 7.11. The number of nitrogens with zero attached hydrogens (tertiary/aromatic N) is 2. The van der Waals surface area contributed by atoms with Crippen LogP contribution in [-0.4, -0.2) is 44.2 Å². The molecule has 1 aliphatic rings. The molecule has 0 atom stereocenters. The Labute approximate surface area is 120 Å². The van der Waals surface area contributed by atoms with Crippen LogP contribution in [0.15, 0.2) is 9.42 Å². The van der Waals surface area contributed by atoms with E-state index in [0.717, 1.165) is 38.9 Å². The minimum Gasteiger partial charge on any atom is -0.360 e. The van der Waals surface area contributed by atoms with Gasteiger partial charge in [0.1, 0.15) is 10.6 Å². The van der Waals surface area contributed by atoms with Gasteiger partial charge < -0.3 is 9.42 Å². The Hall–Kier alpha value is -0.920. The Morgan fingerprint density at radius 2 is 2.00 bits per heavy atom. The molecular formula is C13H23N3O3S. The second-order valence-corrected chi connectivity index (χ2v) is 7.04. The summed E-state index contributed by atoms with van der Waals surface area (Å²) in [4.78, 5) is 2.56. The number of piperidine rings is 1. The highest BCUT2D eigenvalue weighted by Crippen LogP contribution is 2.20. The van der Waals surface area contributed by atoms with Gasteiger partial charge in [0.25, 0.3) is 0 Å². The van der Waals surface area contributed by atoms with E-state index >= 15 is 0 Å². The average molecular weight is 301 g/mol. The highest BCUT2D eigenvalue weighted by molar-refractivity contribution is 7.89. The van der Waals surface area contributed by atoms with E-state index in [1.54, 1.807) is 13.8 Å². The fourth-order valence-corrected chi connectivity index (χ4v) is 4.36. The summed E-state index contributed by atoms with van der Waals surface area (Å²) in [6, 6.07) is 0.00167. The van der Waals surface area contributed by atoms with Gasteiger partial charge in [-0.2, -0.15) is 0 Å². The topological polar surface area (TPSA) is 75.4 Å². The van der Waals surface area contributed by atoms with Crippen LogP contribution in [-0.2, 0) is 10.0 Å². The molecule has 0 radical (unpaired) electrons. The van der Waals surface area contributed by atoms with Crippen LogP contribution >= 0.6 is 0 Å². The molecule has 1 aliphatic heterocycles. The molecule has 2 rings (SSSR count). The van der Waals surface area contributed by atoms with E-state index in [4.69, 9.17) is 4.52 Å². The van der Waals surface area contributed by atoms with Crippen molar-refractivity contribution < 1.29 is 12.9 Å². The van der Waals surface area contributed by atoms with Crippen LogP contribution in [0.1, 0.15) is 37.6 Å². The summed E-state index contributed by atoms with van der Waals surface area (Å²) < 4.78 is 32.5. The number of likely N-dealkylation sites (tertiary alicyclic amines) is 1. The van der Waals surface area contributed by atoms with Crippen molar-refractivity contribution in [3.63, 3.8) is 0 Å². The Balaban J connectivity index is 2.00. The quantitative estimate of drug-likeness (QED) is 0.890. The molecule has 0 aliphatic carbocycles. The van der Waals surface area contributed by atoms with E-state index in [0.29, 0.717) is 11.5 Å². The number of aryl methyl sites for hydroxylation is 2. The maximum absolute atomic E-state index is 12.4. The zero-order valence-electron chi connectivity index (χ0n) is 12.3. The largest absolute Gasteiger partial charge is 0.360 e. The van der Waals surface area contributed by atoms with E-state index < -0.39 is 10.0 Å². The van der Waals surface area contributed by atoms with Crippen molar-refractivity contribution in [1.82, 2.24) is 14.8 Å². The maximum atomic E-state index is 12.4. The van der Waals surface area contributed by atoms with Crippen LogP contribution in [0.4, 0.5) is 0 Å². The average Bonchev–Trinajstić information content (AvgIpc) is 2.72. The number of sulfonamides is 1. The van der Waals surface area contributed by atoms with E-state index in [1.807, 2.05) is 0 Å². The molecule has 7 heteroatoms. The lowest BCUT2D eigenvalue weighted by Crippen LogP contribution is -2.44. The summed E-state index contributed by atoms with van der Waals surface area (Å²) in [5, 5.41) is 3.71. The molecular weight excluding hydrogens is 278 g/mol. The molecule has 1 aromatic rings.